The molecule has 2 nitrogen and oxygen atoms in total. The van der Waals surface area contributed by atoms with Crippen LogP contribution in [0.5, 0.6) is 5.75 Å². The number of nitrogens with two attached hydrogens (primary N) is 1. The molecule has 0 fully saturated rings. The van der Waals surface area contributed by atoms with Crippen LogP contribution in [0.1, 0.15) is 17.2 Å². The van der Waals surface area contributed by atoms with Crippen LogP contribution in [0.25, 0.3) is 0 Å². The number of halogens is 3. The van der Waals surface area contributed by atoms with E-state index < -0.39 is 17.7 Å². The van der Waals surface area contributed by atoms with E-state index in [0.29, 0.717) is 16.3 Å². The smallest absolute Gasteiger partial charge is 0.163 e. The van der Waals surface area contributed by atoms with Crippen LogP contribution in [-0.2, 0) is 0 Å². The van der Waals surface area contributed by atoms with Crippen LogP contribution in [0, 0.1) is 11.6 Å². The molecule has 0 spiro atoms. The summed E-state index contributed by atoms with van der Waals surface area (Å²) in [5.74, 6) is -1.37. The van der Waals surface area contributed by atoms with E-state index in [0.717, 1.165) is 6.07 Å². The van der Waals surface area contributed by atoms with E-state index in [1.807, 2.05) is 0 Å². The lowest BCUT2D eigenvalue weighted by atomic mass is 9.99. The first-order chi connectivity index (χ1) is 9.04. The lowest BCUT2D eigenvalue weighted by molar-refractivity contribution is 0.415. The Morgan fingerprint density at radius 3 is 2.58 bits per heavy atom. The van der Waals surface area contributed by atoms with Crippen LogP contribution in [0.4, 0.5) is 8.78 Å². The number of rotatable bonds is 3. The largest absolute Gasteiger partial charge is 0.495 e. The zero-order chi connectivity index (χ0) is 14.0. The van der Waals surface area contributed by atoms with Gasteiger partial charge in [0.25, 0.3) is 0 Å². The highest BCUT2D eigenvalue weighted by atomic mass is 35.5. The van der Waals surface area contributed by atoms with Gasteiger partial charge in [0.1, 0.15) is 5.75 Å². The Labute approximate surface area is 114 Å². The van der Waals surface area contributed by atoms with Crippen molar-refractivity contribution in [2.75, 3.05) is 7.11 Å². The molecular formula is C14H12ClF2NO. The molecular weight excluding hydrogens is 272 g/mol. The molecule has 0 saturated carbocycles. The predicted molar refractivity (Wildman–Crippen MR) is 70.4 cm³/mol. The van der Waals surface area contributed by atoms with E-state index >= 15 is 0 Å². The molecule has 2 rings (SSSR count). The summed E-state index contributed by atoms with van der Waals surface area (Å²) in [7, 11) is 1.49. The van der Waals surface area contributed by atoms with Gasteiger partial charge in [0.2, 0.25) is 0 Å². The second kappa shape index (κ2) is 5.55. The van der Waals surface area contributed by atoms with E-state index in [1.54, 1.807) is 18.2 Å². The van der Waals surface area contributed by atoms with Crippen LogP contribution in [0.15, 0.2) is 36.4 Å². The number of hydrogen-bond acceptors (Lipinski definition) is 2. The molecule has 2 N–H and O–H groups in total. The summed E-state index contributed by atoms with van der Waals surface area (Å²) in [5, 5.41) is 0.368. The highest BCUT2D eigenvalue weighted by Gasteiger charge is 2.17. The summed E-state index contributed by atoms with van der Waals surface area (Å²) in [6, 6.07) is 8.00. The maximum absolute atomic E-state index is 13.7. The van der Waals surface area contributed by atoms with Gasteiger partial charge in [-0.15, -0.1) is 0 Å². The van der Waals surface area contributed by atoms with Crippen molar-refractivity contribution in [1.82, 2.24) is 0 Å². The first kappa shape index (κ1) is 13.8. The highest BCUT2D eigenvalue weighted by Crippen LogP contribution is 2.30. The number of benzene rings is 2. The minimum absolute atomic E-state index is 0.0845. The molecule has 0 aliphatic carbocycles. The van der Waals surface area contributed by atoms with Crippen LogP contribution >= 0.6 is 11.6 Å². The van der Waals surface area contributed by atoms with Gasteiger partial charge in [0.05, 0.1) is 18.2 Å². The van der Waals surface area contributed by atoms with Gasteiger partial charge in [-0.2, -0.15) is 0 Å². The van der Waals surface area contributed by atoms with Crippen molar-refractivity contribution in [3.05, 3.63) is 64.2 Å². The molecule has 2 aromatic rings. The van der Waals surface area contributed by atoms with Crippen LogP contribution < -0.4 is 10.5 Å². The van der Waals surface area contributed by atoms with Crippen LogP contribution in [0.2, 0.25) is 5.02 Å². The fourth-order valence-electron chi connectivity index (χ4n) is 1.82. The van der Waals surface area contributed by atoms with Crippen LogP contribution in [-0.4, -0.2) is 7.11 Å². The maximum atomic E-state index is 13.7. The molecule has 2 aromatic carbocycles. The molecule has 0 aliphatic rings. The van der Waals surface area contributed by atoms with Crippen molar-refractivity contribution in [2.45, 2.75) is 6.04 Å². The molecule has 0 amide bonds. The predicted octanol–water partition coefficient (Wildman–Crippen LogP) is 3.67. The van der Waals surface area contributed by atoms with Crippen molar-refractivity contribution in [3.8, 4) is 5.75 Å². The maximum Gasteiger partial charge on any atom is 0.163 e. The monoisotopic (exact) mass is 283 g/mol. The normalized spacial score (nSPS) is 12.3. The van der Waals surface area contributed by atoms with Crippen LogP contribution in [0.3, 0.4) is 0 Å². The van der Waals surface area contributed by atoms with Gasteiger partial charge in [0.15, 0.2) is 11.6 Å². The molecule has 0 aliphatic heterocycles. The van der Waals surface area contributed by atoms with Gasteiger partial charge in [-0.25, -0.2) is 8.78 Å². The molecule has 0 heterocycles. The SMILES string of the molecule is COc1ccc(C(N)c2cccc(F)c2F)cc1Cl. The van der Waals surface area contributed by atoms with Crippen molar-refractivity contribution in [2.24, 2.45) is 5.73 Å². The van der Waals surface area contributed by atoms with Crippen molar-refractivity contribution in [1.29, 1.82) is 0 Å². The van der Waals surface area contributed by atoms with E-state index in [9.17, 15) is 8.78 Å². The van der Waals surface area contributed by atoms with Gasteiger partial charge in [-0.1, -0.05) is 29.8 Å². The number of hydrogen-bond donors (Lipinski definition) is 1. The Morgan fingerprint density at radius 2 is 1.95 bits per heavy atom. The molecule has 0 saturated heterocycles. The van der Waals surface area contributed by atoms with Gasteiger partial charge in [0, 0.05) is 5.56 Å². The summed E-state index contributed by atoms with van der Waals surface area (Å²) in [6.07, 6.45) is 0. The Balaban J connectivity index is 2.41. The van der Waals surface area contributed by atoms with Crippen molar-refractivity contribution >= 4 is 11.6 Å². The molecule has 0 bridgehead atoms. The highest BCUT2D eigenvalue weighted by molar-refractivity contribution is 6.32. The molecule has 19 heavy (non-hydrogen) atoms. The third kappa shape index (κ3) is 2.69. The van der Waals surface area contributed by atoms with E-state index in [4.69, 9.17) is 22.1 Å². The van der Waals surface area contributed by atoms with E-state index in [2.05, 4.69) is 0 Å². The summed E-state index contributed by atoms with van der Waals surface area (Å²) >= 11 is 5.98. The zero-order valence-electron chi connectivity index (χ0n) is 10.2. The number of methoxy groups -OCH3 is 1. The van der Waals surface area contributed by atoms with Crippen molar-refractivity contribution < 1.29 is 13.5 Å². The summed E-state index contributed by atoms with van der Waals surface area (Å²) in [4.78, 5) is 0. The van der Waals surface area contributed by atoms with Gasteiger partial charge in [-0.05, 0) is 23.8 Å². The minimum Gasteiger partial charge on any atom is -0.495 e. The molecule has 5 heteroatoms. The second-order valence-corrected chi connectivity index (χ2v) is 4.42. The minimum atomic E-state index is -0.943. The van der Waals surface area contributed by atoms with Gasteiger partial charge in [-0.3, -0.25) is 0 Å². The molecule has 0 radical (unpaired) electrons. The van der Waals surface area contributed by atoms with E-state index in [1.165, 1.54) is 19.2 Å². The van der Waals surface area contributed by atoms with Gasteiger partial charge >= 0.3 is 0 Å². The Morgan fingerprint density at radius 1 is 1.21 bits per heavy atom. The van der Waals surface area contributed by atoms with Crippen molar-refractivity contribution in [3.63, 3.8) is 0 Å². The fraction of sp³-hybridized carbons (Fsp3) is 0.143. The topological polar surface area (TPSA) is 35.2 Å². The summed E-state index contributed by atoms with van der Waals surface area (Å²) < 4.78 is 31.9. The lowest BCUT2D eigenvalue weighted by Gasteiger charge is -2.15. The Bertz CT molecular complexity index is 604. The average Bonchev–Trinajstić information content (AvgIpc) is 2.41. The molecule has 1 unspecified atom stereocenters. The zero-order valence-corrected chi connectivity index (χ0v) is 10.9. The first-order valence-corrected chi connectivity index (χ1v) is 5.95. The Hall–Kier alpha value is -1.65. The lowest BCUT2D eigenvalue weighted by Crippen LogP contribution is -2.14. The van der Waals surface area contributed by atoms with Gasteiger partial charge < -0.3 is 10.5 Å². The van der Waals surface area contributed by atoms with E-state index in [-0.39, 0.29) is 5.56 Å². The molecule has 0 aromatic heterocycles. The second-order valence-electron chi connectivity index (χ2n) is 4.01. The standard InChI is InChI=1S/C14H12ClF2NO/c1-19-12-6-5-8(7-10(12)15)14(18)9-3-2-4-11(16)13(9)17/h2-7,14H,18H2,1H3. The number of ether oxygens (including phenoxy) is 1. The summed E-state index contributed by atoms with van der Waals surface area (Å²) in [6.45, 7) is 0. The quantitative estimate of drug-likeness (QED) is 0.933. The third-order valence-corrected chi connectivity index (χ3v) is 3.15. The fourth-order valence-corrected chi connectivity index (χ4v) is 2.08. The Kier molecular flexibility index (Phi) is 4.02. The average molecular weight is 284 g/mol. The molecule has 1 atom stereocenters. The third-order valence-electron chi connectivity index (χ3n) is 2.85. The molecule has 100 valence electrons. The summed E-state index contributed by atoms with van der Waals surface area (Å²) in [5.41, 5.74) is 6.60. The first-order valence-electron chi connectivity index (χ1n) is 5.57.